The summed E-state index contributed by atoms with van der Waals surface area (Å²) in [6, 6.07) is 0.619. The molecule has 3 nitrogen and oxygen atoms in total. The zero-order chi connectivity index (χ0) is 12.9. The quantitative estimate of drug-likeness (QED) is 0.746. The van der Waals surface area contributed by atoms with Crippen LogP contribution in [0, 0.1) is 5.92 Å². The van der Waals surface area contributed by atoms with Crippen molar-refractivity contribution in [2.45, 2.75) is 58.1 Å². The lowest BCUT2D eigenvalue weighted by atomic mass is 9.89. The minimum Gasteiger partial charge on any atom is -0.389 e. The Balaban J connectivity index is 2.37. The van der Waals surface area contributed by atoms with Crippen LogP contribution in [0.1, 0.15) is 46.5 Å². The fraction of sp³-hybridized carbons (Fsp3) is 1.00. The summed E-state index contributed by atoms with van der Waals surface area (Å²) in [5.41, 5.74) is -0.471. The molecule has 1 atom stereocenters. The van der Waals surface area contributed by atoms with Gasteiger partial charge in [0.25, 0.3) is 0 Å². The van der Waals surface area contributed by atoms with E-state index in [0.29, 0.717) is 6.04 Å². The van der Waals surface area contributed by atoms with E-state index in [2.05, 4.69) is 31.0 Å². The third kappa shape index (κ3) is 4.23. The zero-order valence-electron chi connectivity index (χ0n) is 12.0. The van der Waals surface area contributed by atoms with Crippen LogP contribution in [-0.2, 0) is 0 Å². The third-order valence-electron chi connectivity index (χ3n) is 4.63. The summed E-state index contributed by atoms with van der Waals surface area (Å²) in [5, 5.41) is 13.7. The molecule has 1 aliphatic rings. The lowest BCUT2D eigenvalue weighted by Gasteiger charge is -2.39. The molecule has 3 heteroatoms. The van der Waals surface area contributed by atoms with Crippen LogP contribution in [-0.4, -0.2) is 48.3 Å². The summed E-state index contributed by atoms with van der Waals surface area (Å²) < 4.78 is 0. The summed E-state index contributed by atoms with van der Waals surface area (Å²) in [6.45, 7) is 9.56. The summed E-state index contributed by atoms with van der Waals surface area (Å²) in [7, 11) is 2.05. The molecule has 0 bridgehead atoms. The number of nitrogens with zero attached hydrogens (tertiary/aromatic N) is 1. The van der Waals surface area contributed by atoms with Gasteiger partial charge < -0.3 is 15.3 Å². The molecule has 2 N–H and O–H groups in total. The number of hydrogen-bond donors (Lipinski definition) is 2. The Kier molecular flexibility index (Phi) is 5.90. The van der Waals surface area contributed by atoms with E-state index < -0.39 is 5.60 Å². The maximum atomic E-state index is 10.3. The molecule has 1 saturated heterocycles. The second-order valence-electron chi connectivity index (χ2n) is 5.62. The summed E-state index contributed by atoms with van der Waals surface area (Å²) in [6.07, 6.45) is 4.23. The van der Waals surface area contributed by atoms with Crippen molar-refractivity contribution in [2.24, 2.45) is 5.92 Å². The Morgan fingerprint density at radius 1 is 1.29 bits per heavy atom. The van der Waals surface area contributed by atoms with Crippen LogP contribution < -0.4 is 5.32 Å². The minimum absolute atomic E-state index is 0.471. The van der Waals surface area contributed by atoms with Crippen molar-refractivity contribution in [1.82, 2.24) is 10.2 Å². The van der Waals surface area contributed by atoms with Crippen molar-refractivity contribution in [3.8, 4) is 0 Å². The first-order valence-corrected chi connectivity index (χ1v) is 7.16. The third-order valence-corrected chi connectivity index (χ3v) is 4.63. The Morgan fingerprint density at radius 3 is 2.24 bits per heavy atom. The van der Waals surface area contributed by atoms with E-state index >= 15 is 0 Å². The van der Waals surface area contributed by atoms with E-state index in [1.807, 2.05) is 7.05 Å². The first-order valence-electron chi connectivity index (χ1n) is 7.16. The van der Waals surface area contributed by atoms with E-state index in [-0.39, 0.29) is 0 Å². The smallest absolute Gasteiger partial charge is 0.0768 e. The molecule has 0 amide bonds. The average molecular weight is 242 g/mol. The molecular weight excluding hydrogens is 212 g/mol. The van der Waals surface area contributed by atoms with Crippen molar-refractivity contribution >= 4 is 0 Å². The maximum absolute atomic E-state index is 10.3. The van der Waals surface area contributed by atoms with Gasteiger partial charge >= 0.3 is 0 Å². The lowest BCUT2D eigenvalue weighted by Crippen LogP contribution is -2.47. The highest BCUT2D eigenvalue weighted by Crippen LogP contribution is 2.23. The van der Waals surface area contributed by atoms with Gasteiger partial charge in [0, 0.05) is 12.6 Å². The molecule has 0 aromatic rings. The fourth-order valence-corrected chi connectivity index (χ4v) is 2.74. The van der Waals surface area contributed by atoms with E-state index in [4.69, 9.17) is 0 Å². The van der Waals surface area contributed by atoms with Crippen LogP contribution in [0.2, 0.25) is 0 Å². The fourth-order valence-electron chi connectivity index (χ4n) is 2.74. The van der Waals surface area contributed by atoms with E-state index in [1.165, 1.54) is 12.8 Å². The first-order chi connectivity index (χ1) is 8.04. The predicted octanol–water partition coefficient (Wildman–Crippen LogP) is 1.86. The topological polar surface area (TPSA) is 35.5 Å². The summed E-state index contributed by atoms with van der Waals surface area (Å²) >= 11 is 0. The second-order valence-corrected chi connectivity index (χ2v) is 5.62. The van der Waals surface area contributed by atoms with Crippen LogP contribution >= 0.6 is 0 Å². The minimum atomic E-state index is -0.471. The Hall–Kier alpha value is -0.120. The lowest BCUT2D eigenvalue weighted by molar-refractivity contribution is -0.0126. The molecule has 1 rings (SSSR count). The highest BCUT2D eigenvalue weighted by atomic mass is 16.3. The van der Waals surface area contributed by atoms with Gasteiger partial charge in [0.1, 0.15) is 0 Å². The summed E-state index contributed by atoms with van der Waals surface area (Å²) in [4.78, 5) is 2.44. The van der Waals surface area contributed by atoms with Crippen molar-refractivity contribution in [1.29, 1.82) is 0 Å². The number of rotatable bonds is 6. The van der Waals surface area contributed by atoms with Crippen molar-refractivity contribution < 1.29 is 5.11 Å². The number of piperidine rings is 1. The van der Waals surface area contributed by atoms with Crippen LogP contribution in [0.3, 0.4) is 0 Å². The molecule has 0 aromatic heterocycles. The Bertz CT molecular complexity index is 208. The maximum Gasteiger partial charge on any atom is 0.0768 e. The monoisotopic (exact) mass is 242 g/mol. The molecule has 0 saturated carbocycles. The Labute approximate surface area is 107 Å². The average Bonchev–Trinajstić information content (AvgIpc) is 2.38. The number of β-amino-alcohol motifs (C(OH)–C–C–N with tert-alkyl or cyclic N) is 1. The second kappa shape index (κ2) is 6.72. The molecule has 0 aliphatic carbocycles. The molecular formula is C14H30N2O. The number of nitrogens with one attached hydrogen (secondary N) is 1. The van der Waals surface area contributed by atoms with Gasteiger partial charge in [0.05, 0.1) is 5.60 Å². The summed E-state index contributed by atoms with van der Waals surface area (Å²) in [5.74, 6) is 0.799. The highest BCUT2D eigenvalue weighted by Gasteiger charge is 2.29. The van der Waals surface area contributed by atoms with Gasteiger partial charge in [-0.15, -0.1) is 0 Å². The molecule has 1 fully saturated rings. The van der Waals surface area contributed by atoms with Crippen molar-refractivity contribution in [3.05, 3.63) is 0 Å². The molecule has 0 aromatic carbocycles. The van der Waals surface area contributed by atoms with E-state index in [0.717, 1.165) is 38.4 Å². The molecule has 1 aliphatic heterocycles. The largest absolute Gasteiger partial charge is 0.389 e. The van der Waals surface area contributed by atoms with Gasteiger partial charge in [-0.25, -0.2) is 0 Å². The van der Waals surface area contributed by atoms with Crippen LogP contribution in [0.5, 0.6) is 0 Å². The van der Waals surface area contributed by atoms with E-state index in [9.17, 15) is 5.11 Å². The molecule has 0 radical (unpaired) electrons. The van der Waals surface area contributed by atoms with Gasteiger partial charge in [-0.2, -0.15) is 0 Å². The zero-order valence-corrected chi connectivity index (χ0v) is 12.0. The molecule has 1 heterocycles. The standard InChI is InChI=1S/C14H30N2O/c1-5-14(17,6-2)11-16-9-7-13(8-10-16)12(3)15-4/h12-13,15,17H,5-11H2,1-4H3. The molecule has 102 valence electrons. The van der Waals surface area contributed by atoms with Gasteiger partial charge in [-0.3, -0.25) is 0 Å². The predicted molar refractivity (Wildman–Crippen MR) is 73.2 cm³/mol. The highest BCUT2D eigenvalue weighted by molar-refractivity contribution is 4.84. The first kappa shape index (κ1) is 14.9. The SMILES string of the molecule is CCC(O)(CC)CN1CCC(C(C)NC)CC1. The van der Waals surface area contributed by atoms with Crippen molar-refractivity contribution in [3.63, 3.8) is 0 Å². The van der Waals surface area contributed by atoms with Crippen LogP contribution in [0.25, 0.3) is 0 Å². The molecule has 0 spiro atoms. The van der Waals surface area contributed by atoms with Gasteiger partial charge in [-0.05, 0) is 58.7 Å². The molecule has 17 heavy (non-hydrogen) atoms. The normalized spacial score (nSPS) is 21.7. The molecule has 1 unspecified atom stereocenters. The number of aliphatic hydroxyl groups is 1. The number of hydrogen-bond acceptors (Lipinski definition) is 3. The van der Waals surface area contributed by atoms with Gasteiger partial charge in [0.2, 0.25) is 0 Å². The van der Waals surface area contributed by atoms with Crippen molar-refractivity contribution in [2.75, 3.05) is 26.7 Å². The van der Waals surface area contributed by atoms with Crippen LogP contribution in [0.4, 0.5) is 0 Å². The number of likely N-dealkylation sites (tertiary alicyclic amines) is 1. The van der Waals surface area contributed by atoms with Gasteiger partial charge in [-0.1, -0.05) is 13.8 Å². The van der Waals surface area contributed by atoms with Gasteiger partial charge in [0.15, 0.2) is 0 Å². The Morgan fingerprint density at radius 2 is 1.82 bits per heavy atom. The van der Waals surface area contributed by atoms with E-state index in [1.54, 1.807) is 0 Å². The van der Waals surface area contributed by atoms with Crippen LogP contribution in [0.15, 0.2) is 0 Å².